The van der Waals surface area contributed by atoms with E-state index in [1.165, 1.54) is 6.07 Å². The van der Waals surface area contributed by atoms with Crippen LogP contribution in [-0.2, 0) is 14.8 Å². The van der Waals surface area contributed by atoms with Gasteiger partial charge in [0.2, 0.25) is 10.0 Å². The molecular weight excluding hydrogens is 266 g/mol. The molecule has 0 unspecified atom stereocenters. The van der Waals surface area contributed by atoms with Crippen LogP contribution >= 0.6 is 0 Å². The van der Waals surface area contributed by atoms with Gasteiger partial charge in [0, 0.05) is 0 Å². The van der Waals surface area contributed by atoms with E-state index < -0.39 is 22.0 Å². The van der Waals surface area contributed by atoms with Gasteiger partial charge in [-0.1, -0.05) is 26.0 Å². The Labute approximate surface area is 113 Å². The van der Waals surface area contributed by atoms with Crippen LogP contribution in [0.3, 0.4) is 0 Å². The van der Waals surface area contributed by atoms with Crippen LogP contribution in [-0.4, -0.2) is 25.5 Å². The van der Waals surface area contributed by atoms with Crippen molar-refractivity contribution in [1.29, 1.82) is 0 Å². The van der Waals surface area contributed by atoms with Gasteiger partial charge in [-0.15, -0.1) is 0 Å². The smallest absolute Gasteiger partial charge is 0.322 e. The summed E-state index contributed by atoms with van der Waals surface area (Å²) in [6.07, 6.45) is 0. The summed E-state index contributed by atoms with van der Waals surface area (Å²) >= 11 is 0. The molecule has 0 aliphatic rings. The van der Waals surface area contributed by atoms with Crippen molar-refractivity contribution in [2.45, 2.75) is 38.6 Å². The molecule has 106 valence electrons. The van der Waals surface area contributed by atoms with E-state index in [9.17, 15) is 13.2 Å². The molecule has 1 aromatic rings. The molecule has 6 heteroatoms. The van der Waals surface area contributed by atoms with Crippen LogP contribution in [0, 0.1) is 19.8 Å². The highest BCUT2D eigenvalue weighted by Gasteiger charge is 2.28. The lowest BCUT2D eigenvalue weighted by Crippen LogP contribution is -2.44. The first-order chi connectivity index (χ1) is 8.65. The number of aliphatic carboxylic acids is 1. The molecule has 0 saturated carbocycles. The molecule has 0 heterocycles. The second-order valence-electron chi connectivity index (χ2n) is 4.95. The molecule has 0 bridgehead atoms. The quantitative estimate of drug-likeness (QED) is 0.862. The average Bonchev–Trinajstić information content (AvgIpc) is 2.28. The highest BCUT2D eigenvalue weighted by Crippen LogP contribution is 2.18. The van der Waals surface area contributed by atoms with Crippen molar-refractivity contribution in [1.82, 2.24) is 4.72 Å². The lowest BCUT2D eigenvalue weighted by Gasteiger charge is -2.19. The van der Waals surface area contributed by atoms with E-state index in [1.807, 2.05) is 6.07 Å². The first-order valence-corrected chi connectivity index (χ1v) is 7.46. The van der Waals surface area contributed by atoms with E-state index in [1.54, 1.807) is 33.8 Å². The normalized spacial score (nSPS) is 13.5. The summed E-state index contributed by atoms with van der Waals surface area (Å²) in [6.45, 7) is 6.78. The van der Waals surface area contributed by atoms with Gasteiger partial charge in [-0.05, 0) is 37.0 Å². The summed E-state index contributed by atoms with van der Waals surface area (Å²) < 4.78 is 26.7. The van der Waals surface area contributed by atoms with Crippen molar-refractivity contribution >= 4 is 16.0 Å². The van der Waals surface area contributed by atoms with Crippen LogP contribution in [0.15, 0.2) is 23.1 Å². The molecule has 0 aliphatic heterocycles. The van der Waals surface area contributed by atoms with Gasteiger partial charge in [-0.3, -0.25) is 4.79 Å². The van der Waals surface area contributed by atoms with Gasteiger partial charge >= 0.3 is 5.97 Å². The van der Waals surface area contributed by atoms with E-state index in [-0.39, 0.29) is 10.8 Å². The number of aryl methyl sites for hydroxylation is 2. The lowest BCUT2D eigenvalue weighted by molar-refractivity contribution is -0.140. The van der Waals surface area contributed by atoms with E-state index in [2.05, 4.69) is 4.72 Å². The molecule has 0 fully saturated rings. The number of sulfonamides is 1. The van der Waals surface area contributed by atoms with Gasteiger partial charge < -0.3 is 5.11 Å². The molecule has 0 aliphatic carbocycles. The number of hydrogen-bond acceptors (Lipinski definition) is 3. The molecule has 0 saturated heterocycles. The SMILES string of the molecule is Cc1ccc(C)c(S(=O)(=O)N[C@@H](C(=O)O)C(C)C)c1. The molecule has 2 N–H and O–H groups in total. The van der Waals surface area contributed by atoms with Gasteiger partial charge in [0.25, 0.3) is 0 Å². The maximum absolute atomic E-state index is 12.3. The van der Waals surface area contributed by atoms with Crippen molar-refractivity contribution in [2.24, 2.45) is 5.92 Å². The van der Waals surface area contributed by atoms with E-state index >= 15 is 0 Å². The van der Waals surface area contributed by atoms with Crippen LogP contribution in [0.1, 0.15) is 25.0 Å². The largest absolute Gasteiger partial charge is 0.480 e. The summed E-state index contributed by atoms with van der Waals surface area (Å²) in [4.78, 5) is 11.2. The van der Waals surface area contributed by atoms with Crippen LogP contribution < -0.4 is 4.72 Å². The Bertz CT molecular complexity index is 578. The van der Waals surface area contributed by atoms with Gasteiger partial charge in [0.1, 0.15) is 6.04 Å². The number of carboxylic acid groups (broad SMARTS) is 1. The summed E-state index contributed by atoms with van der Waals surface area (Å²) in [5.74, 6) is -1.51. The van der Waals surface area contributed by atoms with Gasteiger partial charge in [-0.2, -0.15) is 4.72 Å². The molecule has 1 aromatic carbocycles. The van der Waals surface area contributed by atoms with Crippen molar-refractivity contribution < 1.29 is 18.3 Å². The van der Waals surface area contributed by atoms with Gasteiger partial charge in [-0.25, -0.2) is 8.42 Å². The summed E-state index contributed by atoms with van der Waals surface area (Å²) in [7, 11) is -3.83. The molecule has 1 rings (SSSR count). The van der Waals surface area contributed by atoms with Crippen molar-refractivity contribution in [2.75, 3.05) is 0 Å². The molecule has 1 atom stereocenters. The topological polar surface area (TPSA) is 83.5 Å². The third kappa shape index (κ3) is 3.78. The number of carbonyl (C=O) groups is 1. The second kappa shape index (κ2) is 5.71. The minimum absolute atomic E-state index is 0.124. The predicted molar refractivity (Wildman–Crippen MR) is 72.5 cm³/mol. The zero-order valence-corrected chi connectivity index (χ0v) is 12.3. The summed E-state index contributed by atoms with van der Waals surface area (Å²) in [5, 5.41) is 9.05. The minimum atomic E-state index is -3.83. The average molecular weight is 285 g/mol. The number of hydrogen-bond donors (Lipinski definition) is 2. The third-order valence-electron chi connectivity index (χ3n) is 2.85. The highest BCUT2D eigenvalue weighted by atomic mass is 32.2. The third-order valence-corrected chi connectivity index (χ3v) is 4.43. The van der Waals surface area contributed by atoms with Crippen molar-refractivity contribution in [3.05, 3.63) is 29.3 Å². The molecule has 5 nitrogen and oxygen atoms in total. The second-order valence-corrected chi connectivity index (χ2v) is 6.63. The Balaban J connectivity index is 3.17. The van der Waals surface area contributed by atoms with E-state index in [4.69, 9.17) is 5.11 Å². The maximum Gasteiger partial charge on any atom is 0.322 e. The summed E-state index contributed by atoms with van der Waals surface area (Å²) in [5.41, 5.74) is 1.40. The van der Waals surface area contributed by atoms with Crippen LogP contribution in [0.2, 0.25) is 0 Å². The van der Waals surface area contributed by atoms with Crippen LogP contribution in [0.4, 0.5) is 0 Å². The van der Waals surface area contributed by atoms with Crippen molar-refractivity contribution in [3.8, 4) is 0 Å². The molecule has 0 radical (unpaired) electrons. The Morgan fingerprint density at radius 3 is 2.32 bits per heavy atom. The first-order valence-electron chi connectivity index (χ1n) is 5.97. The monoisotopic (exact) mass is 285 g/mol. The maximum atomic E-state index is 12.3. The Morgan fingerprint density at radius 1 is 1.26 bits per heavy atom. The van der Waals surface area contributed by atoms with E-state index in [0.29, 0.717) is 5.56 Å². The number of benzene rings is 1. The van der Waals surface area contributed by atoms with Crippen LogP contribution in [0.5, 0.6) is 0 Å². The fourth-order valence-corrected chi connectivity index (χ4v) is 3.37. The Hall–Kier alpha value is -1.40. The number of rotatable bonds is 5. The number of nitrogens with one attached hydrogen (secondary N) is 1. The van der Waals surface area contributed by atoms with Crippen molar-refractivity contribution in [3.63, 3.8) is 0 Å². The first kappa shape index (κ1) is 15.7. The Morgan fingerprint density at radius 2 is 1.84 bits per heavy atom. The molecule has 0 spiro atoms. The van der Waals surface area contributed by atoms with Gasteiger partial charge in [0.05, 0.1) is 4.90 Å². The van der Waals surface area contributed by atoms with Gasteiger partial charge in [0.15, 0.2) is 0 Å². The molecule has 0 amide bonds. The molecular formula is C13H19NO4S. The standard InChI is InChI=1S/C13H19NO4S/c1-8(2)12(13(15)16)14-19(17,18)11-7-9(3)5-6-10(11)4/h5-8,12,14H,1-4H3,(H,15,16)/t12-/m1/s1. The summed E-state index contributed by atoms with van der Waals surface area (Å²) in [6, 6.07) is 3.92. The lowest BCUT2D eigenvalue weighted by atomic mass is 10.1. The fourth-order valence-electron chi connectivity index (χ4n) is 1.70. The molecule has 19 heavy (non-hydrogen) atoms. The van der Waals surface area contributed by atoms with E-state index in [0.717, 1.165) is 5.56 Å². The predicted octanol–water partition coefficient (Wildman–Crippen LogP) is 1.69. The zero-order valence-electron chi connectivity index (χ0n) is 11.5. The molecule has 0 aromatic heterocycles. The zero-order chi connectivity index (χ0) is 14.8. The number of carboxylic acids is 1. The minimum Gasteiger partial charge on any atom is -0.480 e. The fraction of sp³-hybridized carbons (Fsp3) is 0.462. The highest BCUT2D eigenvalue weighted by molar-refractivity contribution is 7.89. The Kier molecular flexibility index (Phi) is 4.70. The van der Waals surface area contributed by atoms with Crippen LogP contribution in [0.25, 0.3) is 0 Å².